The summed E-state index contributed by atoms with van der Waals surface area (Å²) in [4.78, 5) is 6.73. The number of rotatable bonds is 6. The molecule has 1 aliphatic rings. The molecule has 0 atom stereocenters. The van der Waals surface area contributed by atoms with Gasteiger partial charge >= 0.3 is 0 Å². The van der Waals surface area contributed by atoms with Gasteiger partial charge in [-0.2, -0.15) is 5.10 Å². The Bertz CT molecular complexity index is 1060. The lowest BCUT2D eigenvalue weighted by atomic mass is 9.76. The third-order valence-electron chi connectivity index (χ3n) is 5.96. The topological polar surface area (TPSA) is 56.8 Å². The van der Waals surface area contributed by atoms with Gasteiger partial charge in [0.2, 0.25) is 0 Å². The summed E-state index contributed by atoms with van der Waals surface area (Å²) in [5, 5.41) is 10.3. The largest absolute Gasteiger partial charge is 0.323 e. The summed E-state index contributed by atoms with van der Waals surface area (Å²) >= 11 is 5.90. The van der Waals surface area contributed by atoms with Crippen LogP contribution in [0.15, 0.2) is 36.4 Å². The zero-order chi connectivity index (χ0) is 22.0. The highest BCUT2D eigenvalue weighted by atomic mass is 35.5. The number of benzene rings is 1. The fraction of sp³-hybridized carbons (Fsp3) is 0.391. The Morgan fingerprint density at radius 1 is 1.16 bits per heavy atom. The minimum atomic E-state index is -0.347. The fourth-order valence-electron chi connectivity index (χ4n) is 4.03. The van der Waals surface area contributed by atoms with Crippen molar-refractivity contribution in [1.82, 2.24) is 20.1 Å². The second kappa shape index (κ2) is 8.93. The molecule has 8 heteroatoms. The number of H-pyrrole nitrogens is 1. The van der Waals surface area contributed by atoms with Crippen molar-refractivity contribution in [3.63, 3.8) is 0 Å². The monoisotopic (exact) mass is 445 g/mol. The first-order chi connectivity index (χ1) is 14.8. The summed E-state index contributed by atoms with van der Waals surface area (Å²) in [7, 11) is 0. The first-order valence-electron chi connectivity index (χ1n) is 10.4. The maximum atomic E-state index is 14.5. The molecule has 0 bridgehead atoms. The number of piperidine rings is 1. The lowest BCUT2D eigenvalue weighted by molar-refractivity contribution is 0.110. The predicted molar refractivity (Wildman–Crippen MR) is 119 cm³/mol. The van der Waals surface area contributed by atoms with Crippen LogP contribution >= 0.6 is 11.6 Å². The van der Waals surface area contributed by atoms with Crippen LogP contribution in [-0.4, -0.2) is 33.2 Å². The Balaban J connectivity index is 1.39. The van der Waals surface area contributed by atoms with E-state index in [0.29, 0.717) is 35.9 Å². The van der Waals surface area contributed by atoms with E-state index in [1.54, 1.807) is 24.3 Å². The standard InChI is InChI=1S/C23H26ClF2N5/c1-15-12-21(30-29-15)28-20-7-6-18(25)19(27-20)13-23(2)8-10-31(11-9-23)14-16-4-3-5-17(24)22(16)26/h3-7,12H,8-11,13-14H2,1-2H3,(H2,27,28,29,30). The summed E-state index contributed by atoms with van der Waals surface area (Å²) in [6.07, 6.45) is 2.31. The van der Waals surface area contributed by atoms with Crippen molar-refractivity contribution < 1.29 is 8.78 Å². The molecule has 31 heavy (non-hydrogen) atoms. The third kappa shape index (κ3) is 5.22. The summed E-state index contributed by atoms with van der Waals surface area (Å²) in [5.74, 6) is 0.573. The van der Waals surface area contributed by atoms with Crippen molar-refractivity contribution in [1.29, 1.82) is 0 Å². The molecule has 0 amide bonds. The van der Waals surface area contributed by atoms with Crippen molar-refractivity contribution in [2.24, 2.45) is 5.41 Å². The van der Waals surface area contributed by atoms with Crippen LogP contribution in [0, 0.1) is 24.0 Å². The van der Waals surface area contributed by atoms with E-state index in [-0.39, 0.29) is 22.1 Å². The van der Waals surface area contributed by atoms with Gasteiger partial charge in [0.05, 0.1) is 10.7 Å². The number of hydrogen-bond donors (Lipinski definition) is 2. The normalized spacial score (nSPS) is 16.4. The van der Waals surface area contributed by atoms with Crippen molar-refractivity contribution in [3.8, 4) is 0 Å². The Morgan fingerprint density at radius 3 is 2.65 bits per heavy atom. The smallest absolute Gasteiger partial charge is 0.153 e. The highest BCUT2D eigenvalue weighted by molar-refractivity contribution is 6.30. The Morgan fingerprint density at radius 2 is 1.94 bits per heavy atom. The van der Waals surface area contributed by atoms with Crippen LogP contribution in [0.5, 0.6) is 0 Å². The van der Waals surface area contributed by atoms with Gasteiger partial charge in [-0.1, -0.05) is 30.7 Å². The van der Waals surface area contributed by atoms with Crippen LogP contribution in [0.3, 0.4) is 0 Å². The molecule has 0 radical (unpaired) electrons. The van der Waals surface area contributed by atoms with Crippen LogP contribution in [-0.2, 0) is 13.0 Å². The van der Waals surface area contributed by atoms with Gasteiger partial charge in [0, 0.05) is 23.9 Å². The molecule has 164 valence electrons. The number of hydrogen-bond acceptors (Lipinski definition) is 4. The molecule has 0 unspecified atom stereocenters. The molecule has 3 aromatic rings. The number of pyridine rings is 1. The van der Waals surface area contributed by atoms with Crippen molar-refractivity contribution in [2.75, 3.05) is 18.4 Å². The molecular formula is C23H26ClF2N5. The second-order valence-corrected chi connectivity index (χ2v) is 9.07. The maximum absolute atomic E-state index is 14.5. The van der Waals surface area contributed by atoms with Crippen LogP contribution < -0.4 is 5.32 Å². The van der Waals surface area contributed by atoms with E-state index in [1.165, 1.54) is 6.07 Å². The molecule has 4 rings (SSSR count). The lowest BCUT2D eigenvalue weighted by Gasteiger charge is -2.39. The zero-order valence-electron chi connectivity index (χ0n) is 17.7. The Kier molecular flexibility index (Phi) is 6.25. The van der Waals surface area contributed by atoms with Gasteiger partial charge in [-0.25, -0.2) is 13.8 Å². The number of aromatic nitrogens is 3. The number of nitrogens with one attached hydrogen (secondary N) is 2. The highest BCUT2D eigenvalue weighted by Gasteiger charge is 2.32. The van der Waals surface area contributed by atoms with Gasteiger partial charge in [0.1, 0.15) is 17.5 Å². The van der Waals surface area contributed by atoms with Gasteiger partial charge in [0.15, 0.2) is 5.82 Å². The van der Waals surface area contributed by atoms with Crippen LogP contribution in [0.4, 0.5) is 20.4 Å². The minimum absolute atomic E-state index is 0.0707. The average molecular weight is 446 g/mol. The summed E-state index contributed by atoms with van der Waals surface area (Å²) in [6.45, 7) is 6.24. The number of aryl methyl sites for hydroxylation is 1. The number of nitrogens with zero attached hydrogens (tertiary/aromatic N) is 3. The van der Waals surface area contributed by atoms with Crippen LogP contribution in [0.25, 0.3) is 0 Å². The van der Waals surface area contributed by atoms with Gasteiger partial charge in [-0.15, -0.1) is 0 Å². The molecule has 0 spiro atoms. The van der Waals surface area contributed by atoms with Gasteiger partial charge in [-0.3, -0.25) is 10.00 Å². The molecule has 1 saturated heterocycles. The van der Waals surface area contributed by atoms with E-state index in [9.17, 15) is 8.78 Å². The van der Waals surface area contributed by atoms with Crippen molar-refractivity contribution in [2.45, 2.75) is 39.7 Å². The summed E-state index contributed by atoms with van der Waals surface area (Å²) < 4.78 is 28.7. The second-order valence-electron chi connectivity index (χ2n) is 8.66. The lowest BCUT2D eigenvalue weighted by Crippen LogP contribution is -2.39. The molecule has 1 aliphatic heterocycles. The van der Waals surface area contributed by atoms with Crippen molar-refractivity contribution >= 4 is 23.2 Å². The number of aromatic amines is 1. The molecule has 1 fully saturated rings. The van der Waals surface area contributed by atoms with Crippen LogP contribution in [0.1, 0.15) is 36.7 Å². The summed E-state index contributed by atoms with van der Waals surface area (Å²) in [6, 6.07) is 10.0. The predicted octanol–water partition coefficient (Wildman–Crippen LogP) is 5.63. The van der Waals surface area contributed by atoms with E-state index in [1.807, 2.05) is 13.0 Å². The molecule has 0 saturated carbocycles. The Hall–Kier alpha value is -2.51. The zero-order valence-corrected chi connectivity index (χ0v) is 18.4. The van der Waals surface area contributed by atoms with Crippen LogP contribution in [0.2, 0.25) is 5.02 Å². The molecule has 0 aliphatic carbocycles. The SMILES string of the molecule is Cc1cc(Nc2ccc(F)c(CC3(C)CCN(Cc4cccc(Cl)c4F)CC3)n2)n[nH]1. The van der Waals surface area contributed by atoms with E-state index in [4.69, 9.17) is 11.6 Å². The molecule has 3 heterocycles. The van der Waals surface area contributed by atoms with E-state index in [0.717, 1.165) is 31.6 Å². The number of likely N-dealkylation sites (tertiary alicyclic amines) is 1. The number of halogens is 3. The van der Waals surface area contributed by atoms with Gasteiger partial charge < -0.3 is 5.32 Å². The van der Waals surface area contributed by atoms with Gasteiger partial charge in [0.25, 0.3) is 0 Å². The highest BCUT2D eigenvalue weighted by Crippen LogP contribution is 2.36. The minimum Gasteiger partial charge on any atom is -0.323 e. The Labute approximate surface area is 185 Å². The molecule has 1 aromatic carbocycles. The average Bonchev–Trinajstić information content (AvgIpc) is 3.14. The molecule has 5 nitrogen and oxygen atoms in total. The first kappa shape index (κ1) is 21.7. The quantitative estimate of drug-likeness (QED) is 0.516. The molecule has 2 N–H and O–H groups in total. The third-order valence-corrected chi connectivity index (χ3v) is 6.26. The van der Waals surface area contributed by atoms with Gasteiger partial charge in [-0.05, 0) is 62.9 Å². The van der Waals surface area contributed by atoms with Crippen molar-refractivity contribution in [3.05, 3.63) is 70.0 Å². The summed E-state index contributed by atoms with van der Waals surface area (Å²) in [5.41, 5.74) is 1.92. The number of anilines is 2. The van der Waals surface area contributed by atoms with E-state index >= 15 is 0 Å². The molecular weight excluding hydrogens is 420 g/mol. The van der Waals surface area contributed by atoms with E-state index in [2.05, 4.69) is 32.3 Å². The first-order valence-corrected chi connectivity index (χ1v) is 10.8. The van der Waals surface area contributed by atoms with E-state index < -0.39 is 0 Å². The maximum Gasteiger partial charge on any atom is 0.153 e. The fourth-order valence-corrected chi connectivity index (χ4v) is 4.23. The molecule has 2 aromatic heterocycles.